The number of hydrogen-bond donors (Lipinski definition) is 1. The van der Waals surface area contributed by atoms with Gasteiger partial charge in [0.25, 0.3) is 5.69 Å². The number of hydrogen-bond acceptors (Lipinski definition) is 4. The van der Waals surface area contributed by atoms with E-state index < -0.39 is 0 Å². The van der Waals surface area contributed by atoms with Crippen LogP contribution in [0.5, 0.6) is 0 Å². The van der Waals surface area contributed by atoms with Crippen molar-refractivity contribution in [1.82, 2.24) is 10.2 Å². The predicted octanol–water partition coefficient (Wildman–Crippen LogP) is 2.82. The number of nitro groups is 1. The first-order chi connectivity index (χ1) is 9.66. The Morgan fingerprint density at radius 3 is 2.75 bits per heavy atom. The van der Waals surface area contributed by atoms with Crippen LogP contribution in [0.15, 0.2) is 18.2 Å². The van der Waals surface area contributed by atoms with Crippen LogP contribution in [0.25, 0.3) is 0 Å². The van der Waals surface area contributed by atoms with Crippen LogP contribution in [0.3, 0.4) is 0 Å². The molecule has 0 atom stereocenters. The summed E-state index contributed by atoms with van der Waals surface area (Å²) in [6.45, 7) is 4.64. The molecule has 0 spiro atoms. The third kappa shape index (κ3) is 4.44. The van der Waals surface area contributed by atoms with E-state index in [1.807, 2.05) is 0 Å². The fourth-order valence-electron chi connectivity index (χ4n) is 2.52. The van der Waals surface area contributed by atoms with Gasteiger partial charge in [0.2, 0.25) is 0 Å². The molecule has 6 heteroatoms. The number of benzene rings is 1. The number of halogens is 1. The van der Waals surface area contributed by atoms with E-state index in [4.69, 9.17) is 11.6 Å². The Kier molecular flexibility index (Phi) is 5.76. The number of piperidine rings is 1. The zero-order valence-corrected chi connectivity index (χ0v) is 12.2. The van der Waals surface area contributed by atoms with Gasteiger partial charge in [-0.15, -0.1) is 0 Å². The Morgan fingerprint density at radius 2 is 2.05 bits per heavy atom. The molecule has 0 aromatic heterocycles. The van der Waals surface area contributed by atoms with Crippen molar-refractivity contribution in [3.05, 3.63) is 38.9 Å². The first-order valence-corrected chi connectivity index (χ1v) is 7.40. The number of likely N-dealkylation sites (tertiary alicyclic amines) is 1. The van der Waals surface area contributed by atoms with Crippen molar-refractivity contribution in [2.75, 3.05) is 26.2 Å². The molecule has 0 saturated carbocycles. The molecule has 110 valence electrons. The second-order valence-electron chi connectivity index (χ2n) is 5.11. The predicted molar refractivity (Wildman–Crippen MR) is 80.1 cm³/mol. The SMILES string of the molecule is O=[N+]([O-])c1ccc(Cl)cc1CNCCN1CCCCC1. The van der Waals surface area contributed by atoms with Crippen molar-refractivity contribution in [3.63, 3.8) is 0 Å². The Labute approximate surface area is 124 Å². The summed E-state index contributed by atoms with van der Waals surface area (Å²) in [7, 11) is 0. The van der Waals surface area contributed by atoms with E-state index in [0.717, 1.165) is 13.1 Å². The summed E-state index contributed by atoms with van der Waals surface area (Å²) < 4.78 is 0. The Morgan fingerprint density at radius 1 is 1.30 bits per heavy atom. The van der Waals surface area contributed by atoms with Crippen molar-refractivity contribution < 1.29 is 4.92 Å². The van der Waals surface area contributed by atoms with Crippen molar-refractivity contribution in [1.29, 1.82) is 0 Å². The number of nitrogens with zero attached hydrogens (tertiary/aromatic N) is 2. The van der Waals surface area contributed by atoms with E-state index in [1.165, 1.54) is 38.4 Å². The van der Waals surface area contributed by atoms with Crippen LogP contribution >= 0.6 is 11.6 Å². The second kappa shape index (κ2) is 7.57. The van der Waals surface area contributed by atoms with Gasteiger partial charge in [-0.05, 0) is 38.1 Å². The van der Waals surface area contributed by atoms with Crippen molar-refractivity contribution in [2.45, 2.75) is 25.8 Å². The van der Waals surface area contributed by atoms with Crippen LogP contribution in [0, 0.1) is 10.1 Å². The smallest absolute Gasteiger partial charge is 0.273 e. The molecule has 1 fully saturated rings. The molecule has 1 aliphatic rings. The van der Waals surface area contributed by atoms with E-state index >= 15 is 0 Å². The molecular formula is C14H20ClN3O2. The summed E-state index contributed by atoms with van der Waals surface area (Å²) in [5.74, 6) is 0. The zero-order chi connectivity index (χ0) is 14.4. The average molecular weight is 298 g/mol. The highest BCUT2D eigenvalue weighted by Crippen LogP contribution is 2.22. The van der Waals surface area contributed by atoms with Gasteiger partial charge >= 0.3 is 0 Å². The number of nitrogens with one attached hydrogen (secondary N) is 1. The number of nitro benzene ring substituents is 1. The highest BCUT2D eigenvalue weighted by atomic mass is 35.5. The molecule has 20 heavy (non-hydrogen) atoms. The largest absolute Gasteiger partial charge is 0.311 e. The minimum atomic E-state index is -0.363. The Balaban J connectivity index is 1.81. The first-order valence-electron chi connectivity index (χ1n) is 7.03. The number of rotatable bonds is 6. The van der Waals surface area contributed by atoms with E-state index in [9.17, 15) is 10.1 Å². The van der Waals surface area contributed by atoms with Crippen molar-refractivity contribution >= 4 is 17.3 Å². The molecule has 0 amide bonds. The molecule has 1 saturated heterocycles. The lowest BCUT2D eigenvalue weighted by Gasteiger charge is -2.26. The van der Waals surface area contributed by atoms with E-state index in [-0.39, 0.29) is 10.6 Å². The minimum Gasteiger partial charge on any atom is -0.311 e. The summed E-state index contributed by atoms with van der Waals surface area (Å²) >= 11 is 5.90. The summed E-state index contributed by atoms with van der Waals surface area (Å²) in [6.07, 6.45) is 3.89. The second-order valence-corrected chi connectivity index (χ2v) is 5.55. The molecule has 2 rings (SSSR count). The van der Waals surface area contributed by atoms with Crippen LogP contribution in [0.2, 0.25) is 5.02 Å². The summed E-state index contributed by atoms with van der Waals surface area (Å²) in [5.41, 5.74) is 0.765. The molecule has 0 radical (unpaired) electrons. The van der Waals surface area contributed by atoms with Crippen LogP contribution < -0.4 is 5.32 Å². The van der Waals surface area contributed by atoms with Gasteiger partial charge in [0, 0.05) is 36.3 Å². The summed E-state index contributed by atoms with van der Waals surface area (Å²) in [6, 6.07) is 4.68. The third-order valence-electron chi connectivity index (χ3n) is 3.61. The standard InChI is InChI=1S/C14H20ClN3O2/c15-13-4-5-14(18(19)20)12(10-13)11-16-6-9-17-7-2-1-3-8-17/h4-5,10,16H,1-3,6-9,11H2. The minimum absolute atomic E-state index is 0.125. The van der Waals surface area contributed by atoms with Gasteiger partial charge < -0.3 is 10.2 Å². The van der Waals surface area contributed by atoms with Gasteiger partial charge in [0.1, 0.15) is 0 Å². The highest BCUT2D eigenvalue weighted by Gasteiger charge is 2.14. The first kappa shape index (κ1) is 15.2. The summed E-state index contributed by atoms with van der Waals surface area (Å²) in [4.78, 5) is 13.0. The quantitative estimate of drug-likeness (QED) is 0.498. The van der Waals surface area contributed by atoms with Crippen LogP contribution in [-0.4, -0.2) is 36.0 Å². The molecule has 1 aromatic carbocycles. The molecule has 1 heterocycles. The van der Waals surface area contributed by atoms with Crippen molar-refractivity contribution in [2.24, 2.45) is 0 Å². The van der Waals surface area contributed by atoms with Gasteiger partial charge in [-0.25, -0.2) is 0 Å². The average Bonchev–Trinajstić information content (AvgIpc) is 2.44. The highest BCUT2D eigenvalue weighted by molar-refractivity contribution is 6.30. The topological polar surface area (TPSA) is 58.4 Å². The van der Waals surface area contributed by atoms with Gasteiger partial charge in [-0.1, -0.05) is 18.0 Å². The lowest BCUT2D eigenvalue weighted by atomic mass is 10.1. The van der Waals surface area contributed by atoms with Crippen molar-refractivity contribution in [3.8, 4) is 0 Å². The lowest BCUT2D eigenvalue weighted by molar-refractivity contribution is -0.385. The molecular weight excluding hydrogens is 278 g/mol. The van der Waals surface area contributed by atoms with E-state index in [0.29, 0.717) is 17.1 Å². The molecule has 0 bridgehead atoms. The van der Waals surface area contributed by atoms with Gasteiger partial charge in [0.05, 0.1) is 4.92 Å². The molecule has 5 nitrogen and oxygen atoms in total. The van der Waals surface area contributed by atoms with E-state index in [2.05, 4.69) is 10.2 Å². The fourth-order valence-corrected chi connectivity index (χ4v) is 2.71. The Hall–Kier alpha value is -1.17. The monoisotopic (exact) mass is 297 g/mol. The summed E-state index contributed by atoms with van der Waals surface area (Å²) in [5, 5.41) is 14.7. The maximum absolute atomic E-state index is 10.9. The van der Waals surface area contributed by atoms with Crippen LogP contribution in [0.4, 0.5) is 5.69 Å². The van der Waals surface area contributed by atoms with Gasteiger partial charge in [-0.3, -0.25) is 10.1 Å². The van der Waals surface area contributed by atoms with Crippen LogP contribution in [0.1, 0.15) is 24.8 Å². The molecule has 1 N–H and O–H groups in total. The maximum Gasteiger partial charge on any atom is 0.273 e. The van der Waals surface area contributed by atoms with Crippen LogP contribution in [-0.2, 0) is 6.54 Å². The molecule has 0 aliphatic carbocycles. The molecule has 0 unspecified atom stereocenters. The molecule has 1 aromatic rings. The van der Waals surface area contributed by atoms with E-state index in [1.54, 1.807) is 12.1 Å². The van der Waals surface area contributed by atoms with Gasteiger partial charge in [-0.2, -0.15) is 0 Å². The maximum atomic E-state index is 10.9. The Bertz CT molecular complexity index is 462. The third-order valence-corrected chi connectivity index (χ3v) is 3.84. The fraction of sp³-hybridized carbons (Fsp3) is 0.571. The zero-order valence-electron chi connectivity index (χ0n) is 11.5. The molecule has 1 aliphatic heterocycles. The van der Waals surface area contributed by atoms with Gasteiger partial charge in [0.15, 0.2) is 0 Å². The normalized spacial score (nSPS) is 16.2. The lowest BCUT2D eigenvalue weighted by Crippen LogP contribution is -2.35.